The van der Waals surface area contributed by atoms with E-state index in [9.17, 15) is 9.59 Å². The molecule has 19 heavy (non-hydrogen) atoms. The van der Waals surface area contributed by atoms with Crippen LogP contribution < -0.4 is 0 Å². The molecule has 3 heterocycles. The number of amides is 1. The number of carbonyl (C=O) groups excluding carboxylic acids is 1. The van der Waals surface area contributed by atoms with Gasteiger partial charge >= 0.3 is 5.97 Å². The predicted octanol–water partition coefficient (Wildman–Crippen LogP) is 0.867. The van der Waals surface area contributed by atoms with Crippen molar-refractivity contribution in [2.24, 2.45) is 0 Å². The lowest BCUT2D eigenvalue weighted by molar-refractivity contribution is -0.141. The summed E-state index contributed by atoms with van der Waals surface area (Å²) in [6, 6.07) is 1.71. The summed E-state index contributed by atoms with van der Waals surface area (Å²) in [6.45, 7) is -0.383. The Labute approximate surface area is 112 Å². The molecule has 2 N–H and O–H groups in total. The molecule has 1 atom stereocenters. The molecule has 2 aliphatic rings. The summed E-state index contributed by atoms with van der Waals surface area (Å²) in [7, 11) is 0. The van der Waals surface area contributed by atoms with E-state index in [0.29, 0.717) is 10.5 Å². The highest BCUT2D eigenvalue weighted by Gasteiger charge is 2.52. The van der Waals surface area contributed by atoms with E-state index in [0.717, 1.165) is 5.56 Å². The van der Waals surface area contributed by atoms with Gasteiger partial charge in [0.1, 0.15) is 11.1 Å². The third-order valence-corrected chi connectivity index (χ3v) is 4.23. The van der Waals surface area contributed by atoms with Crippen molar-refractivity contribution in [1.82, 2.24) is 4.90 Å². The smallest absolute Gasteiger partial charge is 0.353 e. The fourth-order valence-corrected chi connectivity index (χ4v) is 3.33. The number of β-lactam (4-membered cyclic amide) rings is 1. The molecule has 7 heteroatoms. The zero-order chi connectivity index (χ0) is 13.6. The number of carbonyl (C=O) groups is 2. The number of thioether (sulfide) groups is 1. The van der Waals surface area contributed by atoms with Crippen LogP contribution in [-0.4, -0.2) is 39.0 Å². The van der Waals surface area contributed by atoms with Gasteiger partial charge < -0.3 is 14.6 Å². The summed E-state index contributed by atoms with van der Waals surface area (Å²) in [5.74, 6) is -1.55. The third-order valence-electron chi connectivity index (χ3n) is 2.94. The first-order valence-corrected chi connectivity index (χ1v) is 6.32. The summed E-state index contributed by atoms with van der Waals surface area (Å²) in [6.07, 6.45) is 4.66. The van der Waals surface area contributed by atoms with Gasteiger partial charge in [-0.05, 0) is 12.1 Å². The first kappa shape index (κ1) is 12.1. The Morgan fingerprint density at radius 3 is 2.95 bits per heavy atom. The number of nitrogens with zero attached hydrogens (tertiary/aromatic N) is 1. The van der Waals surface area contributed by atoms with Gasteiger partial charge in [-0.1, -0.05) is 11.8 Å². The van der Waals surface area contributed by atoms with Crippen LogP contribution >= 0.6 is 11.8 Å². The number of fused-ring (bicyclic) bond motifs is 1. The molecule has 1 fully saturated rings. The number of aliphatic hydroxyl groups is 1. The van der Waals surface area contributed by atoms with Crippen molar-refractivity contribution in [1.29, 1.82) is 0 Å². The summed E-state index contributed by atoms with van der Waals surface area (Å²) in [4.78, 5) is 24.6. The molecule has 3 rings (SSSR count). The lowest BCUT2D eigenvalue weighted by Crippen LogP contribution is -2.51. The molecule has 0 spiro atoms. The van der Waals surface area contributed by atoms with E-state index >= 15 is 0 Å². The minimum Gasteiger partial charge on any atom is -0.477 e. The quantitative estimate of drug-likeness (QED) is 0.630. The largest absolute Gasteiger partial charge is 0.477 e. The molecule has 1 aromatic rings. The van der Waals surface area contributed by atoms with Crippen molar-refractivity contribution >= 4 is 29.7 Å². The Bertz CT molecular complexity index is 616. The predicted molar refractivity (Wildman–Crippen MR) is 66.7 cm³/mol. The SMILES string of the molecule is O=C(O)C1=C(CO)S[C@@H]2C(=Cc3ccoc3)C(=O)N12. The van der Waals surface area contributed by atoms with Crippen LogP contribution in [0, 0.1) is 0 Å². The van der Waals surface area contributed by atoms with Crippen molar-refractivity contribution in [2.45, 2.75) is 5.37 Å². The monoisotopic (exact) mass is 279 g/mol. The van der Waals surface area contributed by atoms with Crippen LogP contribution in [0.15, 0.2) is 39.2 Å². The molecule has 0 aliphatic carbocycles. The van der Waals surface area contributed by atoms with Crippen LogP contribution in [-0.2, 0) is 9.59 Å². The molecular weight excluding hydrogens is 270 g/mol. The highest BCUT2D eigenvalue weighted by molar-refractivity contribution is 8.04. The Morgan fingerprint density at radius 2 is 2.37 bits per heavy atom. The zero-order valence-corrected chi connectivity index (χ0v) is 10.4. The van der Waals surface area contributed by atoms with Crippen molar-refractivity contribution in [2.75, 3.05) is 6.61 Å². The summed E-state index contributed by atoms with van der Waals surface area (Å²) in [5.41, 5.74) is 1.14. The number of hydrogen-bond acceptors (Lipinski definition) is 5. The molecule has 0 unspecified atom stereocenters. The van der Waals surface area contributed by atoms with Crippen molar-refractivity contribution in [3.8, 4) is 0 Å². The number of hydrogen-bond donors (Lipinski definition) is 2. The zero-order valence-electron chi connectivity index (χ0n) is 9.57. The van der Waals surface area contributed by atoms with Gasteiger partial charge in [0.25, 0.3) is 5.91 Å². The molecule has 0 bridgehead atoms. The molecule has 0 aromatic carbocycles. The average molecular weight is 279 g/mol. The molecule has 1 saturated heterocycles. The van der Waals surface area contributed by atoms with Crippen LogP contribution in [0.5, 0.6) is 0 Å². The van der Waals surface area contributed by atoms with Crippen LogP contribution in [0.3, 0.4) is 0 Å². The van der Waals surface area contributed by atoms with E-state index in [1.54, 1.807) is 12.1 Å². The van der Waals surface area contributed by atoms with E-state index < -0.39 is 5.97 Å². The van der Waals surface area contributed by atoms with Gasteiger partial charge in [0.05, 0.1) is 24.7 Å². The normalized spacial score (nSPS) is 23.8. The number of carboxylic acids is 1. The van der Waals surface area contributed by atoms with Gasteiger partial charge in [0.2, 0.25) is 0 Å². The van der Waals surface area contributed by atoms with Gasteiger partial charge in [0.15, 0.2) is 0 Å². The molecule has 0 radical (unpaired) electrons. The maximum absolute atomic E-state index is 12.0. The molecule has 0 saturated carbocycles. The van der Waals surface area contributed by atoms with Crippen molar-refractivity contribution in [3.05, 3.63) is 40.3 Å². The van der Waals surface area contributed by atoms with Crippen LogP contribution in [0.1, 0.15) is 5.56 Å². The maximum Gasteiger partial charge on any atom is 0.353 e. The van der Waals surface area contributed by atoms with E-state index in [1.807, 2.05) is 0 Å². The van der Waals surface area contributed by atoms with Crippen molar-refractivity contribution in [3.63, 3.8) is 0 Å². The average Bonchev–Trinajstić information content (AvgIpc) is 3.00. The fourth-order valence-electron chi connectivity index (χ4n) is 2.09. The van der Waals surface area contributed by atoms with E-state index in [-0.39, 0.29) is 23.6 Å². The van der Waals surface area contributed by atoms with Gasteiger partial charge in [-0.25, -0.2) is 4.79 Å². The Morgan fingerprint density at radius 1 is 1.58 bits per heavy atom. The second kappa shape index (κ2) is 4.29. The minimum atomic E-state index is -1.20. The number of aliphatic hydroxyl groups excluding tert-OH is 1. The second-order valence-electron chi connectivity index (χ2n) is 4.04. The number of carboxylic acid groups (broad SMARTS) is 1. The number of rotatable bonds is 3. The first-order chi connectivity index (χ1) is 9.13. The van der Waals surface area contributed by atoms with Crippen LogP contribution in [0.25, 0.3) is 6.08 Å². The first-order valence-electron chi connectivity index (χ1n) is 5.44. The lowest BCUT2D eigenvalue weighted by atomic mass is 10.0. The van der Waals surface area contributed by atoms with E-state index in [2.05, 4.69) is 0 Å². The van der Waals surface area contributed by atoms with Gasteiger partial charge in [-0.2, -0.15) is 0 Å². The van der Waals surface area contributed by atoms with Gasteiger partial charge in [-0.15, -0.1) is 0 Å². The lowest BCUT2D eigenvalue weighted by Gasteiger charge is -2.36. The molecule has 1 aromatic heterocycles. The Hall–Kier alpha value is -1.99. The molecule has 2 aliphatic heterocycles. The van der Waals surface area contributed by atoms with E-state index in [1.165, 1.54) is 29.2 Å². The van der Waals surface area contributed by atoms with Crippen molar-refractivity contribution < 1.29 is 24.2 Å². The minimum absolute atomic E-state index is 0.119. The van der Waals surface area contributed by atoms with E-state index in [4.69, 9.17) is 14.6 Å². The highest BCUT2D eigenvalue weighted by atomic mass is 32.2. The molecule has 98 valence electrons. The second-order valence-corrected chi connectivity index (χ2v) is 5.21. The fraction of sp³-hybridized carbons (Fsp3) is 0.167. The topological polar surface area (TPSA) is 91.0 Å². The summed E-state index contributed by atoms with van der Waals surface area (Å²) < 4.78 is 4.91. The molecule has 1 amide bonds. The van der Waals surface area contributed by atoms with Gasteiger partial charge in [0, 0.05) is 10.5 Å². The molecular formula is C12H9NO5S. The molecule has 6 nitrogen and oxygen atoms in total. The highest BCUT2D eigenvalue weighted by Crippen LogP contribution is 2.49. The summed E-state index contributed by atoms with van der Waals surface area (Å²) in [5, 5.41) is 17.9. The standard InChI is InChI=1S/C12H9NO5S/c14-4-8-9(12(16)17)13-10(15)7(11(13)19-8)3-6-1-2-18-5-6/h1-3,5,11,14H,4H2,(H,16,17)/t11-/m1/s1. The number of aliphatic carboxylic acids is 1. The Kier molecular flexibility index (Phi) is 2.72. The van der Waals surface area contributed by atoms with Crippen LogP contribution in [0.4, 0.5) is 0 Å². The maximum atomic E-state index is 12.0. The number of furan rings is 1. The summed E-state index contributed by atoms with van der Waals surface area (Å²) >= 11 is 1.19. The van der Waals surface area contributed by atoms with Crippen LogP contribution in [0.2, 0.25) is 0 Å². The van der Waals surface area contributed by atoms with Gasteiger partial charge in [-0.3, -0.25) is 9.69 Å². The Balaban J connectivity index is 1.92. The third kappa shape index (κ3) is 1.70.